The monoisotopic (exact) mass is 423 g/mol. The summed E-state index contributed by atoms with van der Waals surface area (Å²) in [6, 6.07) is 1.19. The molecule has 2 atom stereocenters. The normalized spacial score (nSPS) is 15.7. The molecule has 0 aliphatic rings. The molecule has 0 bridgehead atoms. The number of thiazole rings is 1. The van der Waals surface area contributed by atoms with Crippen LogP contribution in [0.2, 0.25) is 25.7 Å². The number of aliphatic hydroxyl groups excluding tert-OH is 1. The van der Waals surface area contributed by atoms with Crippen LogP contribution < -0.4 is 0 Å². The first kappa shape index (κ1) is 25.3. The second kappa shape index (κ2) is 12.7. The van der Waals surface area contributed by atoms with E-state index >= 15 is 0 Å². The molecule has 3 nitrogen and oxygen atoms in total. The van der Waals surface area contributed by atoms with Gasteiger partial charge in [-0.3, -0.25) is 0 Å². The third-order valence-electron chi connectivity index (χ3n) is 4.95. The van der Waals surface area contributed by atoms with Gasteiger partial charge in [-0.25, -0.2) is 4.98 Å². The Morgan fingerprint density at radius 2 is 2.04 bits per heavy atom. The van der Waals surface area contributed by atoms with Crippen LogP contribution in [0.3, 0.4) is 0 Å². The number of rotatable bonds is 13. The van der Waals surface area contributed by atoms with E-state index in [0.717, 1.165) is 43.0 Å². The lowest BCUT2D eigenvalue weighted by Crippen LogP contribution is -2.24. The number of ether oxygens (including phenoxy) is 1. The summed E-state index contributed by atoms with van der Waals surface area (Å²) >= 11 is 1.69. The van der Waals surface area contributed by atoms with Gasteiger partial charge in [0, 0.05) is 26.7 Å². The van der Waals surface area contributed by atoms with Gasteiger partial charge in [0.2, 0.25) is 0 Å². The van der Waals surface area contributed by atoms with Crippen molar-refractivity contribution in [1.82, 2.24) is 4.98 Å². The molecule has 0 aliphatic carbocycles. The molecule has 0 saturated carbocycles. The molecule has 28 heavy (non-hydrogen) atoms. The van der Waals surface area contributed by atoms with Gasteiger partial charge in [-0.05, 0) is 70.1 Å². The lowest BCUT2D eigenvalue weighted by molar-refractivity contribution is 0.0903. The van der Waals surface area contributed by atoms with Gasteiger partial charge in [0.05, 0.1) is 16.8 Å². The minimum Gasteiger partial charge on any atom is -0.396 e. The fraction of sp³-hybridized carbons (Fsp3) is 0.696. The topological polar surface area (TPSA) is 42.4 Å². The molecule has 0 aromatic carbocycles. The molecule has 0 spiro atoms. The largest absolute Gasteiger partial charge is 0.396 e. The third kappa shape index (κ3) is 11.3. The summed E-state index contributed by atoms with van der Waals surface area (Å²) in [5.74, 6) is 0.400. The number of allylic oxidation sites excluding steroid dienone is 1. The Balaban J connectivity index is 2.71. The van der Waals surface area contributed by atoms with Crippen molar-refractivity contribution in [2.45, 2.75) is 85.2 Å². The minimum atomic E-state index is -1.10. The van der Waals surface area contributed by atoms with Gasteiger partial charge in [0.1, 0.15) is 0 Å². The summed E-state index contributed by atoms with van der Waals surface area (Å²) in [4.78, 5) is 4.57. The van der Waals surface area contributed by atoms with Crippen LogP contribution in [0, 0.1) is 12.8 Å². The van der Waals surface area contributed by atoms with Crippen molar-refractivity contribution >= 4 is 25.5 Å². The van der Waals surface area contributed by atoms with E-state index in [9.17, 15) is 0 Å². The quantitative estimate of drug-likeness (QED) is 0.283. The highest BCUT2D eigenvalue weighted by molar-refractivity contribution is 7.09. The van der Waals surface area contributed by atoms with E-state index in [1.165, 1.54) is 17.2 Å². The van der Waals surface area contributed by atoms with Crippen LogP contribution in [0.5, 0.6) is 0 Å². The molecule has 1 heterocycles. The number of nitrogens with zero attached hydrogens (tertiary/aromatic N) is 1. The van der Waals surface area contributed by atoms with Crippen molar-refractivity contribution in [1.29, 1.82) is 0 Å². The van der Waals surface area contributed by atoms with E-state index in [1.54, 1.807) is 11.3 Å². The van der Waals surface area contributed by atoms with Gasteiger partial charge in [-0.15, -0.1) is 11.3 Å². The Hall–Kier alpha value is -0.753. The van der Waals surface area contributed by atoms with Crippen molar-refractivity contribution in [3.63, 3.8) is 0 Å². The van der Waals surface area contributed by atoms with Gasteiger partial charge in [-0.1, -0.05) is 38.2 Å². The van der Waals surface area contributed by atoms with Crippen molar-refractivity contribution in [3.8, 4) is 0 Å². The van der Waals surface area contributed by atoms with E-state index in [-0.39, 0.29) is 12.7 Å². The fourth-order valence-corrected chi connectivity index (χ4v) is 4.20. The summed E-state index contributed by atoms with van der Waals surface area (Å²) in [6.45, 7) is 16.8. The summed E-state index contributed by atoms with van der Waals surface area (Å²) in [7, 11) is -1.10. The van der Waals surface area contributed by atoms with E-state index in [0.29, 0.717) is 5.92 Å². The molecule has 160 valence electrons. The predicted molar refractivity (Wildman–Crippen MR) is 127 cm³/mol. The molecule has 0 fully saturated rings. The molecule has 5 heteroatoms. The Kier molecular flexibility index (Phi) is 11.5. The molecule has 0 amide bonds. The zero-order chi connectivity index (χ0) is 21.2. The van der Waals surface area contributed by atoms with Crippen LogP contribution in [-0.2, 0) is 4.74 Å². The summed E-state index contributed by atoms with van der Waals surface area (Å²) in [6.07, 6.45) is 8.86. The zero-order valence-electron chi connectivity index (χ0n) is 19.0. The second-order valence-corrected chi connectivity index (χ2v) is 16.0. The first-order valence-corrected chi connectivity index (χ1v) is 15.2. The van der Waals surface area contributed by atoms with Crippen molar-refractivity contribution < 1.29 is 9.84 Å². The molecule has 1 N–H and O–H groups in total. The smallest absolute Gasteiger partial charge is 0.0901 e. The maximum absolute atomic E-state index is 9.16. The van der Waals surface area contributed by atoms with Crippen molar-refractivity contribution in [3.05, 3.63) is 33.3 Å². The van der Waals surface area contributed by atoms with Gasteiger partial charge >= 0.3 is 0 Å². The van der Waals surface area contributed by atoms with Crippen LogP contribution >= 0.6 is 11.3 Å². The maximum atomic E-state index is 9.16. The zero-order valence-corrected chi connectivity index (χ0v) is 20.9. The molecule has 0 unspecified atom stereocenters. The Morgan fingerprint density at radius 3 is 2.61 bits per heavy atom. The van der Waals surface area contributed by atoms with Gasteiger partial charge < -0.3 is 9.84 Å². The molecule has 0 aliphatic heterocycles. The highest BCUT2D eigenvalue weighted by atomic mass is 32.1. The van der Waals surface area contributed by atoms with Crippen LogP contribution in [0.1, 0.15) is 57.2 Å². The summed E-state index contributed by atoms with van der Waals surface area (Å²) < 4.78 is 6.33. The predicted octanol–water partition coefficient (Wildman–Crippen LogP) is 6.71. The third-order valence-corrected chi connectivity index (χ3v) is 7.45. The minimum absolute atomic E-state index is 0.115. The Bertz CT molecular complexity index is 631. The lowest BCUT2D eigenvalue weighted by Gasteiger charge is -2.21. The first-order chi connectivity index (χ1) is 13.1. The molecule has 0 saturated heterocycles. The SMILES string of the molecule is C/C(=C/C[C@H](OCC[Si](C)(C)C)/C(C)=C/c1csc(C)n1)CCC[C@H](C)CO. The second-order valence-electron chi connectivity index (χ2n) is 9.32. The van der Waals surface area contributed by atoms with Crippen LogP contribution in [0.25, 0.3) is 6.08 Å². The molecule has 1 aromatic rings. The summed E-state index contributed by atoms with van der Waals surface area (Å²) in [5, 5.41) is 12.4. The number of hydrogen-bond acceptors (Lipinski definition) is 4. The lowest BCUT2D eigenvalue weighted by atomic mass is 10.0. The van der Waals surface area contributed by atoms with Crippen molar-refractivity contribution in [2.75, 3.05) is 13.2 Å². The molecule has 1 aromatic heterocycles. The Labute approximate surface area is 177 Å². The highest BCUT2D eigenvalue weighted by Gasteiger charge is 2.16. The molecular weight excluding hydrogens is 382 g/mol. The number of aromatic nitrogens is 1. The van der Waals surface area contributed by atoms with Gasteiger partial charge in [0.25, 0.3) is 0 Å². The van der Waals surface area contributed by atoms with Gasteiger partial charge in [0.15, 0.2) is 0 Å². The molecule has 0 radical (unpaired) electrons. The van der Waals surface area contributed by atoms with E-state index < -0.39 is 8.07 Å². The standard InChI is InChI=1S/C23H41NO2SSi/c1-18(9-8-10-19(2)16-25)11-12-23(26-13-14-28(5,6)7)20(3)15-22-17-27-21(4)24-22/h11,15,17,19,23,25H,8-10,12-14,16H2,1-7H3/b18-11-,20-15+/t19-,23-/m0/s1. The van der Waals surface area contributed by atoms with Crippen molar-refractivity contribution in [2.24, 2.45) is 5.92 Å². The van der Waals surface area contributed by atoms with E-state index in [2.05, 4.69) is 62.9 Å². The highest BCUT2D eigenvalue weighted by Crippen LogP contribution is 2.20. The first-order valence-electron chi connectivity index (χ1n) is 10.6. The molecular formula is C23H41NO2SSi. The summed E-state index contributed by atoms with van der Waals surface area (Å²) in [5.41, 5.74) is 3.71. The average molecular weight is 424 g/mol. The van der Waals surface area contributed by atoms with E-state index in [1.807, 2.05) is 6.92 Å². The van der Waals surface area contributed by atoms with Crippen LogP contribution in [0.15, 0.2) is 22.6 Å². The van der Waals surface area contributed by atoms with Crippen LogP contribution in [0.4, 0.5) is 0 Å². The number of aryl methyl sites for hydroxylation is 1. The number of hydrogen-bond donors (Lipinski definition) is 1. The fourth-order valence-electron chi connectivity index (χ4n) is 2.90. The van der Waals surface area contributed by atoms with Gasteiger partial charge in [-0.2, -0.15) is 0 Å². The number of aliphatic hydroxyl groups is 1. The van der Waals surface area contributed by atoms with E-state index in [4.69, 9.17) is 9.84 Å². The maximum Gasteiger partial charge on any atom is 0.0901 e. The average Bonchev–Trinajstić information content (AvgIpc) is 3.01. The molecule has 1 rings (SSSR count). The van der Waals surface area contributed by atoms with Crippen LogP contribution in [-0.4, -0.2) is 37.5 Å². The Morgan fingerprint density at radius 1 is 1.32 bits per heavy atom.